The molecule has 2 saturated carbocycles. The zero-order chi connectivity index (χ0) is 53.7. The number of esters is 3. The molecule has 3 N–H and O–H groups in total. The minimum Gasteiger partial charge on any atom is -0.456 e. The summed E-state index contributed by atoms with van der Waals surface area (Å²) in [6.45, 7) is 24.0. The van der Waals surface area contributed by atoms with Crippen LogP contribution in [-0.2, 0) is 42.2 Å². The summed E-state index contributed by atoms with van der Waals surface area (Å²) in [5.41, 5.74) is -5.85. The molecule has 16 heteroatoms. The molecule has 73 heavy (non-hydrogen) atoms. The average Bonchev–Trinajstić information content (AvgIpc) is 3.35. The fourth-order valence-electron chi connectivity index (χ4n) is 12.0. The summed E-state index contributed by atoms with van der Waals surface area (Å²) in [5, 5.41) is 29.9. The highest BCUT2D eigenvalue weighted by Crippen LogP contribution is 2.65. The molecule has 2 bridgehead atoms. The Morgan fingerprint density at radius 3 is 1.90 bits per heavy atom. The standard InChI is InChI=1S/C57H77NO13Si2/c1-14-73(15-2,16-3)70-41-32-42-56(34-66-42,69-36(5)59)47-49(68-51(63)39-30-24-19-25-31-39)57(65)33-40(35(4)43(54(57,9)10)45(60)48(61)55(41,47)11)67-52(64)46(71-72(12,13)53(6,7)8)44(37-26-20-17-21-27-37)58-50(62)38-28-22-18-23-29-38/h17-31,40-42,44-47,49,60,65H,14-16,32-34H2,1-13H3,(H,58,62)/t40-,41?,42+,44-,45+,46+,47-,49-,55+,56-,57+/m0/s1. The van der Waals surface area contributed by atoms with E-state index in [1.54, 1.807) is 113 Å². The van der Waals surface area contributed by atoms with E-state index in [2.05, 4.69) is 26.1 Å². The van der Waals surface area contributed by atoms with Gasteiger partial charge in [0.05, 0.1) is 35.6 Å². The molecule has 1 saturated heterocycles. The van der Waals surface area contributed by atoms with Gasteiger partial charge in [0.15, 0.2) is 34.1 Å². The second-order valence-electron chi connectivity index (χ2n) is 23.0. The third-order valence-electron chi connectivity index (χ3n) is 17.7. The van der Waals surface area contributed by atoms with Gasteiger partial charge in [0, 0.05) is 30.7 Å². The molecule has 7 rings (SSSR count). The van der Waals surface area contributed by atoms with Crippen LogP contribution < -0.4 is 5.32 Å². The Balaban J connectivity index is 1.44. The van der Waals surface area contributed by atoms with Crippen LogP contribution in [-0.4, -0.2) is 111 Å². The van der Waals surface area contributed by atoms with E-state index in [1.165, 1.54) is 6.92 Å². The van der Waals surface area contributed by atoms with Gasteiger partial charge >= 0.3 is 17.9 Å². The van der Waals surface area contributed by atoms with Crippen LogP contribution >= 0.6 is 0 Å². The van der Waals surface area contributed by atoms with E-state index in [9.17, 15) is 24.6 Å². The Morgan fingerprint density at radius 2 is 1.40 bits per heavy atom. The highest BCUT2D eigenvalue weighted by Gasteiger charge is 2.78. The number of carbonyl (C=O) groups excluding carboxylic acids is 5. The molecule has 0 aromatic heterocycles. The fraction of sp³-hybridized carbons (Fsp3) is 0.561. The number of ketones is 1. The lowest BCUT2D eigenvalue weighted by molar-refractivity contribution is -0.344. The van der Waals surface area contributed by atoms with E-state index in [-0.39, 0.29) is 24.2 Å². The lowest BCUT2D eigenvalue weighted by Crippen LogP contribution is -2.82. The van der Waals surface area contributed by atoms with E-state index in [0.717, 1.165) is 18.1 Å². The van der Waals surface area contributed by atoms with Crippen molar-refractivity contribution in [2.75, 3.05) is 6.61 Å². The number of ether oxygens (including phenoxy) is 4. The van der Waals surface area contributed by atoms with Crippen molar-refractivity contribution in [3.63, 3.8) is 0 Å². The van der Waals surface area contributed by atoms with Crippen molar-refractivity contribution in [2.24, 2.45) is 16.7 Å². The van der Waals surface area contributed by atoms with Crippen LogP contribution in [0.2, 0.25) is 36.3 Å². The third-order valence-corrected chi connectivity index (χ3v) is 26.8. The average molecular weight is 1040 g/mol. The Hall–Kier alpha value is -4.82. The zero-order valence-corrected chi connectivity index (χ0v) is 46.9. The van der Waals surface area contributed by atoms with Crippen LogP contribution in [0.4, 0.5) is 0 Å². The van der Waals surface area contributed by atoms with Crippen LogP contribution in [0.5, 0.6) is 0 Å². The number of rotatable bonds is 16. The molecule has 3 aliphatic carbocycles. The molecule has 4 aliphatic rings. The van der Waals surface area contributed by atoms with Crippen LogP contribution in [0, 0.1) is 16.7 Å². The van der Waals surface area contributed by atoms with Gasteiger partial charge in [-0.25, -0.2) is 9.59 Å². The van der Waals surface area contributed by atoms with Crippen LogP contribution in [0.3, 0.4) is 0 Å². The summed E-state index contributed by atoms with van der Waals surface area (Å²) >= 11 is 0. The summed E-state index contributed by atoms with van der Waals surface area (Å²) < 4.78 is 40.4. The molecule has 0 radical (unpaired) electrons. The first-order valence-corrected chi connectivity index (χ1v) is 31.3. The summed E-state index contributed by atoms with van der Waals surface area (Å²) in [5.74, 6) is -4.91. The van der Waals surface area contributed by atoms with Crippen molar-refractivity contribution < 1.29 is 62.0 Å². The van der Waals surface area contributed by atoms with Gasteiger partial charge in [0.2, 0.25) is 0 Å². The van der Waals surface area contributed by atoms with Crippen LogP contribution in [0.15, 0.2) is 102 Å². The highest BCUT2D eigenvalue weighted by atomic mass is 28.4. The summed E-state index contributed by atoms with van der Waals surface area (Å²) in [4.78, 5) is 74.0. The highest BCUT2D eigenvalue weighted by molar-refractivity contribution is 6.74. The van der Waals surface area contributed by atoms with E-state index in [4.69, 9.17) is 27.8 Å². The lowest BCUT2D eigenvalue weighted by Gasteiger charge is -2.68. The maximum Gasteiger partial charge on any atom is 0.338 e. The maximum atomic E-state index is 16.1. The second-order valence-corrected chi connectivity index (χ2v) is 32.4. The smallest absolute Gasteiger partial charge is 0.338 e. The summed E-state index contributed by atoms with van der Waals surface area (Å²) in [7, 11) is -5.50. The van der Waals surface area contributed by atoms with Gasteiger partial charge in [-0.15, -0.1) is 0 Å². The van der Waals surface area contributed by atoms with Crippen molar-refractivity contribution in [1.29, 1.82) is 0 Å². The SMILES string of the molecule is CC[Si](CC)(CC)OC1C[C@H]2OC[C@@]2(OC(C)=O)[C@H]2[C@H](OC(=O)c3ccccc3)[C@]3(O)C[C@H](OC(=O)[C@H](O[Si](C)(C)C(C)(C)C)[C@@H](NC(=O)c4ccccc4)c4ccccc4)C(C)=C([C@@H](O)C(=O)[C@]12C)C3(C)C. The van der Waals surface area contributed by atoms with E-state index in [0.29, 0.717) is 16.7 Å². The molecule has 14 nitrogen and oxygen atoms in total. The molecular formula is C57H77NO13Si2. The molecule has 3 aromatic carbocycles. The zero-order valence-electron chi connectivity index (χ0n) is 44.9. The van der Waals surface area contributed by atoms with Gasteiger partial charge in [-0.05, 0) is 91.1 Å². The van der Waals surface area contributed by atoms with Crippen molar-refractivity contribution >= 4 is 46.2 Å². The molecule has 11 atom stereocenters. The Kier molecular flexibility index (Phi) is 15.9. The summed E-state index contributed by atoms with van der Waals surface area (Å²) in [6, 6.07) is 26.9. The Labute approximate surface area is 433 Å². The monoisotopic (exact) mass is 1040 g/mol. The first kappa shape index (κ1) is 55.9. The second kappa shape index (κ2) is 20.7. The normalized spacial score (nSPS) is 29.7. The number of hydrogen-bond acceptors (Lipinski definition) is 13. The van der Waals surface area contributed by atoms with Crippen molar-refractivity contribution in [3.05, 3.63) is 119 Å². The number of Topliss-reactive ketones (excluding diaryl/α,β-unsaturated/α-hetero) is 1. The minimum absolute atomic E-state index is 0.0839. The van der Waals surface area contributed by atoms with E-state index >= 15 is 9.59 Å². The lowest BCUT2D eigenvalue weighted by atomic mass is 9.44. The molecule has 3 aromatic rings. The number of nitrogens with one attached hydrogen (secondary N) is 1. The predicted octanol–water partition coefficient (Wildman–Crippen LogP) is 9.22. The van der Waals surface area contributed by atoms with Crippen molar-refractivity contribution in [2.45, 2.75) is 179 Å². The largest absolute Gasteiger partial charge is 0.456 e. The Bertz CT molecular complexity index is 2550. The van der Waals surface area contributed by atoms with Crippen molar-refractivity contribution in [1.82, 2.24) is 5.32 Å². The maximum absolute atomic E-state index is 16.1. The molecule has 396 valence electrons. The molecule has 1 aliphatic heterocycles. The number of fused-ring (bicyclic) bond motifs is 5. The first-order chi connectivity index (χ1) is 34.2. The van der Waals surface area contributed by atoms with Gasteiger partial charge in [-0.2, -0.15) is 0 Å². The molecule has 1 unspecified atom stereocenters. The quantitative estimate of drug-likeness (QED) is 0.0533. The van der Waals surface area contributed by atoms with Crippen LogP contribution in [0.25, 0.3) is 0 Å². The number of amides is 1. The minimum atomic E-state index is -2.90. The van der Waals surface area contributed by atoms with Crippen molar-refractivity contribution in [3.8, 4) is 0 Å². The van der Waals surface area contributed by atoms with Gasteiger partial charge in [-0.3, -0.25) is 14.4 Å². The Morgan fingerprint density at radius 1 is 0.849 bits per heavy atom. The first-order valence-electron chi connectivity index (χ1n) is 25.9. The number of hydrogen-bond donors (Lipinski definition) is 3. The molecule has 1 heterocycles. The molecule has 3 fully saturated rings. The summed E-state index contributed by atoms with van der Waals surface area (Å²) in [6.07, 6.45) is -8.52. The van der Waals surface area contributed by atoms with Gasteiger partial charge < -0.3 is 43.3 Å². The number of carbonyl (C=O) groups is 5. The van der Waals surface area contributed by atoms with Gasteiger partial charge in [-0.1, -0.05) is 122 Å². The number of aliphatic hydroxyl groups is 2. The molecular weight excluding hydrogens is 963 g/mol. The number of benzene rings is 3. The topological polar surface area (TPSA) is 193 Å². The number of aliphatic hydroxyl groups excluding tert-OH is 1. The van der Waals surface area contributed by atoms with Crippen LogP contribution in [0.1, 0.15) is 121 Å². The molecule has 0 spiro atoms. The fourth-order valence-corrected chi connectivity index (χ4v) is 16.2. The molecule has 1 amide bonds. The third kappa shape index (κ3) is 9.86. The predicted molar refractivity (Wildman–Crippen MR) is 280 cm³/mol. The van der Waals surface area contributed by atoms with Gasteiger partial charge in [0.1, 0.15) is 30.0 Å². The van der Waals surface area contributed by atoms with E-state index < -0.39 is 128 Å². The van der Waals surface area contributed by atoms with E-state index in [1.807, 2.05) is 39.9 Å². The van der Waals surface area contributed by atoms with Gasteiger partial charge in [0.25, 0.3) is 5.91 Å².